The Morgan fingerprint density at radius 2 is 2.12 bits per heavy atom. The van der Waals surface area contributed by atoms with Crippen molar-refractivity contribution in [3.63, 3.8) is 0 Å². The summed E-state index contributed by atoms with van der Waals surface area (Å²) in [7, 11) is 2.11. The highest BCUT2D eigenvalue weighted by atomic mass is 15.1. The van der Waals surface area contributed by atoms with Crippen molar-refractivity contribution in [2.45, 2.75) is 18.8 Å². The third-order valence-electron chi connectivity index (χ3n) is 2.96. The van der Waals surface area contributed by atoms with Crippen LogP contribution in [0.1, 0.15) is 30.3 Å². The zero-order chi connectivity index (χ0) is 11.5. The number of anilines is 1. The van der Waals surface area contributed by atoms with Gasteiger partial charge in [-0.1, -0.05) is 0 Å². The summed E-state index contributed by atoms with van der Waals surface area (Å²) in [5.74, 6) is 1.46. The maximum Gasteiger partial charge on any atom is 0.146 e. The zero-order valence-corrected chi connectivity index (χ0v) is 9.35. The monoisotopic (exact) mass is 217 g/mol. The van der Waals surface area contributed by atoms with Crippen LogP contribution in [0, 0.1) is 11.3 Å². The van der Waals surface area contributed by atoms with Crippen LogP contribution < -0.4 is 5.73 Å². The van der Waals surface area contributed by atoms with Crippen LogP contribution in [-0.2, 0) is 0 Å². The van der Waals surface area contributed by atoms with Gasteiger partial charge in [-0.3, -0.25) is 0 Å². The van der Waals surface area contributed by atoms with Gasteiger partial charge in [0, 0.05) is 12.0 Å². The lowest BCUT2D eigenvalue weighted by Crippen LogP contribution is -2.30. The fourth-order valence-corrected chi connectivity index (χ4v) is 1.99. The van der Waals surface area contributed by atoms with Crippen LogP contribution in [0.15, 0.2) is 6.07 Å². The summed E-state index contributed by atoms with van der Waals surface area (Å²) < 4.78 is 0. The van der Waals surface area contributed by atoms with Gasteiger partial charge in [-0.05, 0) is 33.0 Å². The van der Waals surface area contributed by atoms with Crippen molar-refractivity contribution >= 4 is 5.82 Å². The predicted octanol–water partition coefficient (Wildman–Crippen LogP) is 0.740. The van der Waals surface area contributed by atoms with Gasteiger partial charge in [0.25, 0.3) is 0 Å². The van der Waals surface area contributed by atoms with E-state index in [1.165, 1.54) is 6.07 Å². The SMILES string of the molecule is CN1CCC(c2nc(N)cc(C#N)n2)CC1. The molecule has 16 heavy (non-hydrogen) atoms. The van der Waals surface area contributed by atoms with Crippen LogP contribution in [0.25, 0.3) is 0 Å². The molecule has 1 saturated heterocycles. The van der Waals surface area contributed by atoms with Crippen molar-refractivity contribution in [2.75, 3.05) is 25.9 Å². The lowest BCUT2D eigenvalue weighted by Gasteiger charge is -2.27. The molecule has 2 N–H and O–H groups in total. The molecule has 84 valence electrons. The molecule has 0 bridgehead atoms. The van der Waals surface area contributed by atoms with E-state index in [0.717, 1.165) is 31.8 Å². The lowest BCUT2D eigenvalue weighted by molar-refractivity contribution is 0.251. The van der Waals surface area contributed by atoms with Crippen LogP contribution in [0.2, 0.25) is 0 Å². The summed E-state index contributed by atoms with van der Waals surface area (Å²) in [6.45, 7) is 2.09. The number of nitriles is 1. The average Bonchev–Trinajstić information content (AvgIpc) is 2.29. The molecular weight excluding hydrogens is 202 g/mol. The second-order valence-corrected chi connectivity index (χ2v) is 4.23. The van der Waals surface area contributed by atoms with Crippen molar-refractivity contribution in [2.24, 2.45) is 0 Å². The molecule has 0 spiro atoms. The molecule has 1 aromatic heterocycles. The van der Waals surface area contributed by atoms with Crippen molar-refractivity contribution in [1.82, 2.24) is 14.9 Å². The van der Waals surface area contributed by atoms with Gasteiger partial charge >= 0.3 is 0 Å². The van der Waals surface area contributed by atoms with Crippen molar-refractivity contribution < 1.29 is 0 Å². The summed E-state index contributed by atoms with van der Waals surface area (Å²) in [5.41, 5.74) is 6.02. The highest BCUT2D eigenvalue weighted by Crippen LogP contribution is 2.25. The van der Waals surface area contributed by atoms with Crippen LogP contribution >= 0.6 is 0 Å². The second-order valence-electron chi connectivity index (χ2n) is 4.23. The topological polar surface area (TPSA) is 78.8 Å². The Bertz CT molecular complexity index is 415. The molecule has 0 amide bonds. The first-order valence-corrected chi connectivity index (χ1v) is 5.42. The fourth-order valence-electron chi connectivity index (χ4n) is 1.99. The van der Waals surface area contributed by atoms with E-state index in [9.17, 15) is 0 Å². The minimum Gasteiger partial charge on any atom is -0.384 e. The Labute approximate surface area is 94.9 Å². The number of hydrogen-bond donors (Lipinski definition) is 1. The lowest BCUT2D eigenvalue weighted by atomic mass is 9.96. The molecule has 1 fully saturated rings. The molecule has 5 heteroatoms. The van der Waals surface area contributed by atoms with Gasteiger partial charge in [0.05, 0.1) is 0 Å². The average molecular weight is 217 g/mol. The first-order chi connectivity index (χ1) is 7.69. The number of nitrogen functional groups attached to an aromatic ring is 1. The molecule has 0 atom stereocenters. The van der Waals surface area contributed by atoms with E-state index in [1.54, 1.807) is 0 Å². The molecule has 0 radical (unpaired) electrons. The standard InChI is InChI=1S/C11H15N5/c1-16-4-2-8(3-5-16)11-14-9(7-12)6-10(13)15-11/h6,8H,2-5H2,1H3,(H2,13,14,15). The maximum atomic E-state index is 8.82. The summed E-state index contributed by atoms with van der Waals surface area (Å²) in [6, 6.07) is 3.53. The fraction of sp³-hybridized carbons (Fsp3) is 0.545. The number of likely N-dealkylation sites (tertiary alicyclic amines) is 1. The molecule has 1 aliphatic heterocycles. The summed E-state index contributed by atoms with van der Waals surface area (Å²) in [5, 5.41) is 8.82. The molecule has 0 aliphatic carbocycles. The van der Waals surface area contributed by atoms with Gasteiger partial charge in [0.2, 0.25) is 0 Å². The predicted molar refractivity (Wildman–Crippen MR) is 60.6 cm³/mol. The first-order valence-electron chi connectivity index (χ1n) is 5.42. The number of piperidine rings is 1. The Morgan fingerprint density at radius 1 is 1.44 bits per heavy atom. The third-order valence-corrected chi connectivity index (χ3v) is 2.96. The van der Waals surface area contributed by atoms with E-state index in [1.807, 2.05) is 6.07 Å². The molecule has 2 heterocycles. The van der Waals surface area contributed by atoms with E-state index in [0.29, 0.717) is 17.4 Å². The minimum absolute atomic E-state index is 0.340. The van der Waals surface area contributed by atoms with Crippen molar-refractivity contribution in [1.29, 1.82) is 5.26 Å². The van der Waals surface area contributed by atoms with Gasteiger partial charge in [-0.2, -0.15) is 5.26 Å². The highest BCUT2D eigenvalue weighted by Gasteiger charge is 2.21. The van der Waals surface area contributed by atoms with Crippen molar-refractivity contribution in [3.05, 3.63) is 17.6 Å². The molecule has 5 nitrogen and oxygen atoms in total. The minimum atomic E-state index is 0.340. The third kappa shape index (κ3) is 2.28. The van der Waals surface area contributed by atoms with E-state index in [4.69, 9.17) is 11.0 Å². The van der Waals surface area contributed by atoms with Gasteiger partial charge < -0.3 is 10.6 Å². The number of aromatic nitrogens is 2. The molecule has 0 aromatic carbocycles. The number of hydrogen-bond acceptors (Lipinski definition) is 5. The number of nitrogens with two attached hydrogens (primary N) is 1. The zero-order valence-electron chi connectivity index (χ0n) is 9.35. The van der Waals surface area contributed by atoms with E-state index in [2.05, 4.69) is 21.9 Å². The molecule has 1 aliphatic rings. The molecule has 2 rings (SSSR count). The quantitative estimate of drug-likeness (QED) is 0.750. The van der Waals surface area contributed by atoms with Crippen molar-refractivity contribution in [3.8, 4) is 6.07 Å². The Morgan fingerprint density at radius 3 is 2.75 bits per heavy atom. The Hall–Kier alpha value is -1.67. The van der Waals surface area contributed by atoms with E-state index < -0.39 is 0 Å². The molecule has 0 saturated carbocycles. The maximum absolute atomic E-state index is 8.82. The largest absolute Gasteiger partial charge is 0.384 e. The number of rotatable bonds is 1. The van der Waals surface area contributed by atoms with Crippen LogP contribution in [-0.4, -0.2) is 35.0 Å². The van der Waals surface area contributed by atoms with Crippen LogP contribution in [0.4, 0.5) is 5.82 Å². The molecule has 0 unspecified atom stereocenters. The summed E-state index contributed by atoms with van der Waals surface area (Å²) in [6.07, 6.45) is 2.07. The number of nitrogens with zero attached hydrogens (tertiary/aromatic N) is 4. The van der Waals surface area contributed by atoms with Crippen LogP contribution in [0.5, 0.6) is 0 Å². The second kappa shape index (κ2) is 4.45. The normalized spacial score (nSPS) is 18.2. The molecular formula is C11H15N5. The van der Waals surface area contributed by atoms with Crippen LogP contribution in [0.3, 0.4) is 0 Å². The van der Waals surface area contributed by atoms with Gasteiger partial charge in [0.1, 0.15) is 23.4 Å². The summed E-state index contributed by atoms with van der Waals surface area (Å²) in [4.78, 5) is 10.7. The van der Waals surface area contributed by atoms with E-state index >= 15 is 0 Å². The van der Waals surface area contributed by atoms with Gasteiger partial charge in [0.15, 0.2) is 0 Å². The highest BCUT2D eigenvalue weighted by molar-refractivity contribution is 5.35. The smallest absolute Gasteiger partial charge is 0.146 e. The van der Waals surface area contributed by atoms with Gasteiger partial charge in [-0.15, -0.1) is 0 Å². The van der Waals surface area contributed by atoms with Gasteiger partial charge in [-0.25, -0.2) is 9.97 Å². The first kappa shape index (κ1) is 10.8. The van der Waals surface area contributed by atoms with E-state index in [-0.39, 0.29) is 0 Å². The Kier molecular flexibility index (Phi) is 3.02. The molecule has 1 aromatic rings. The summed E-state index contributed by atoms with van der Waals surface area (Å²) >= 11 is 0. The Balaban J connectivity index is 2.20.